The van der Waals surface area contributed by atoms with Crippen molar-refractivity contribution in [1.29, 1.82) is 0 Å². The van der Waals surface area contributed by atoms with Gasteiger partial charge in [-0.1, -0.05) is 41.4 Å². The first-order valence-corrected chi connectivity index (χ1v) is 10.6. The number of anilines is 1. The zero-order chi connectivity index (χ0) is 18.1. The van der Waals surface area contributed by atoms with Gasteiger partial charge in [-0.05, 0) is 49.8 Å². The van der Waals surface area contributed by atoms with Gasteiger partial charge in [0.25, 0.3) is 0 Å². The van der Waals surface area contributed by atoms with Crippen molar-refractivity contribution in [3.8, 4) is 16.9 Å². The number of thioether (sulfide) groups is 1. The molecule has 0 unspecified atom stereocenters. The molecular formula is C20H19Cl2N3S. The number of rotatable bonds is 3. The van der Waals surface area contributed by atoms with E-state index in [4.69, 9.17) is 28.3 Å². The zero-order valence-corrected chi connectivity index (χ0v) is 16.8. The largest absolute Gasteiger partial charge is 0.370 e. The van der Waals surface area contributed by atoms with Gasteiger partial charge in [0, 0.05) is 32.6 Å². The average molecular weight is 404 g/mol. The second-order valence-corrected chi connectivity index (χ2v) is 8.02. The quantitative estimate of drug-likeness (QED) is 0.519. The maximum atomic E-state index is 6.24. The minimum atomic E-state index is 0.608. The zero-order valence-electron chi connectivity index (χ0n) is 14.4. The molecule has 0 bridgehead atoms. The predicted molar refractivity (Wildman–Crippen MR) is 112 cm³/mol. The van der Waals surface area contributed by atoms with Gasteiger partial charge < -0.3 is 5.32 Å². The summed E-state index contributed by atoms with van der Waals surface area (Å²) >= 11 is 14.2. The summed E-state index contributed by atoms with van der Waals surface area (Å²) in [6.45, 7) is 0.941. The highest BCUT2D eigenvalue weighted by atomic mass is 35.5. The number of fused-ring (bicyclic) bond motifs is 1. The Morgan fingerprint density at radius 3 is 2.62 bits per heavy atom. The van der Waals surface area contributed by atoms with E-state index in [1.807, 2.05) is 16.8 Å². The van der Waals surface area contributed by atoms with Gasteiger partial charge in [0.1, 0.15) is 5.82 Å². The molecule has 0 saturated heterocycles. The van der Waals surface area contributed by atoms with Crippen LogP contribution < -0.4 is 5.32 Å². The molecular weight excluding hydrogens is 385 g/mol. The highest BCUT2D eigenvalue weighted by molar-refractivity contribution is 7.98. The van der Waals surface area contributed by atoms with Crippen LogP contribution in [0.25, 0.3) is 16.9 Å². The summed E-state index contributed by atoms with van der Waals surface area (Å²) < 4.78 is 1.95. The Balaban J connectivity index is 1.95. The first-order valence-electron chi connectivity index (χ1n) is 8.63. The monoisotopic (exact) mass is 403 g/mol. The third-order valence-electron chi connectivity index (χ3n) is 4.58. The standard InChI is InChI=1S/C20H19Cl2N3S/c1-26-18-8-3-2-6-16(18)19-17-7-4-5-9-23-20(17)25(24-19)15-11-13(21)10-14(22)12-15/h2-3,6,8,10-12,23H,4-5,7,9H2,1H3. The summed E-state index contributed by atoms with van der Waals surface area (Å²) in [7, 11) is 0. The van der Waals surface area contributed by atoms with Gasteiger partial charge in [-0.2, -0.15) is 5.10 Å². The molecule has 1 aromatic heterocycles. The van der Waals surface area contributed by atoms with Crippen molar-refractivity contribution in [2.45, 2.75) is 24.2 Å². The molecule has 3 nitrogen and oxygen atoms in total. The van der Waals surface area contributed by atoms with Gasteiger partial charge in [-0.25, -0.2) is 4.68 Å². The summed E-state index contributed by atoms with van der Waals surface area (Å²) in [5, 5.41) is 9.77. The van der Waals surface area contributed by atoms with Crippen LogP contribution in [0.1, 0.15) is 18.4 Å². The van der Waals surface area contributed by atoms with E-state index in [2.05, 4.69) is 35.8 Å². The summed E-state index contributed by atoms with van der Waals surface area (Å²) in [6, 6.07) is 14.0. The first kappa shape index (κ1) is 17.8. The lowest BCUT2D eigenvalue weighted by Gasteiger charge is -2.10. The Morgan fingerprint density at radius 1 is 1.08 bits per heavy atom. The Morgan fingerprint density at radius 2 is 1.85 bits per heavy atom. The summed E-state index contributed by atoms with van der Waals surface area (Å²) in [6.07, 6.45) is 5.41. The van der Waals surface area contributed by atoms with Gasteiger partial charge in [0.05, 0.1) is 11.4 Å². The third-order valence-corrected chi connectivity index (χ3v) is 5.82. The number of nitrogens with one attached hydrogen (secondary N) is 1. The Labute approximate surface area is 167 Å². The van der Waals surface area contributed by atoms with Crippen LogP contribution >= 0.6 is 35.0 Å². The maximum absolute atomic E-state index is 6.24. The van der Waals surface area contributed by atoms with Gasteiger partial charge in [-0.15, -0.1) is 11.8 Å². The van der Waals surface area contributed by atoms with Gasteiger partial charge in [0.2, 0.25) is 0 Å². The molecule has 0 amide bonds. The van der Waals surface area contributed by atoms with E-state index in [1.165, 1.54) is 16.0 Å². The number of hydrogen-bond acceptors (Lipinski definition) is 3. The Hall–Kier alpha value is -1.62. The molecule has 134 valence electrons. The maximum Gasteiger partial charge on any atom is 0.133 e. The highest BCUT2D eigenvalue weighted by Gasteiger charge is 2.23. The minimum absolute atomic E-state index is 0.608. The molecule has 0 radical (unpaired) electrons. The summed E-state index contributed by atoms with van der Waals surface area (Å²) in [5.41, 5.74) is 4.35. The van der Waals surface area contributed by atoms with Crippen LogP contribution in [-0.2, 0) is 6.42 Å². The molecule has 3 aromatic rings. The van der Waals surface area contributed by atoms with Crippen LogP contribution in [0.2, 0.25) is 10.0 Å². The van der Waals surface area contributed by atoms with Crippen molar-refractivity contribution >= 4 is 40.8 Å². The fourth-order valence-electron chi connectivity index (χ4n) is 3.41. The Kier molecular flexibility index (Phi) is 5.16. The van der Waals surface area contributed by atoms with E-state index in [0.717, 1.165) is 43.0 Å². The van der Waals surface area contributed by atoms with Crippen LogP contribution in [0.15, 0.2) is 47.4 Å². The average Bonchev–Trinajstić information content (AvgIpc) is 2.82. The van der Waals surface area contributed by atoms with Crippen molar-refractivity contribution in [3.63, 3.8) is 0 Å². The molecule has 0 fully saturated rings. The van der Waals surface area contributed by atoms with Crippen molar-refractivity contribution in [1.82, 2.24) is 9.78 Å². The van der Waals surface area contributed by atoms with Gasteiger partial charge in [-0.3, -0.25) is 0 Å². The van der Waals surface area contributed by atoms with Gasteiger partial charge in [0.15, 0.2) is 0 Å². The minimum Gasteiger partial charge on any atom is -0.370 e. The van der Waals surface area contributed by atoms with Crippen molar-refractivity contribution < 1.29 is 0 Å². The van der Waals surface area contributed by atoms with E-state index < -0.39 is 0 Å². The lowest BCUT2D eigenvalue weighted by Crippen LogP contribution is -2.07. The SMILES string of the molecule is CSc1ccccc1-c1nn(-c2cc(Cl)cc(Cl)c2)c2c1CCCCN2. The summed E-state index contributed by atoms with van der Waals surface area (Å²) in [4.78, 5) is 1.23. The molecule has 0 spiro atoms. The molecule has 2 heterocycles. The van der Waals surface area contributed by atoms with Crippen LogP contribution in [-0.4, -0.2) is 22.6 Å². The number of nitrogens with zero attached hydrogens (tertiary/aromatic N) is 2. The topological polar surface area (TPSA) is 29.9 Å². The fraction of sp³-hybridized carbons (Fsp3) is 0.250. The molecule has 1 aliphatic rings. The van der Waals surface area contributed by atoms with Crippen molar-refractivity contribution in [2.24, 2.45) is 0 Å². The van der Waals surface area contributed by atoms with E-state index >= 15 is 0 Å². The number of hydrogen-bond donors (Lipinski definition) is 1. The number of benzene rings is 2. The molecule has 2 aromatic carbocycles. The van der Waals surface area contributed by atoms with E-state index in [0.29, 0.717) is 10.0 Å². The smallest absolute Gasteiger partial charge is 0.133 e. The molecule has 0 saturated carbocycles. The van der Waals surface area contributed by atoms with Crippen LogP contribution in [0.5, 0.6) is 0 Å². The molecule has 1 N–H and O–H groups in total. The molecule has 26 heavy (non-hydrogen) atoms. The fourth-order valence-corrected chi connectivity index (χ4v) is 4.52. The van der Waals surface area contributed by atoms with Crippen LogP contribution in [0.3, 0.4) is 0 Å². The lowest BCUT2D eigenvalue weighted by atomic mass is 10.0. The Bertz CT molecular complexity index is 932. The normalized spacial score (nSPS) is 13.8. The van der Waals surface area contributed by atoms with Crippen LogP contribution in [0.4, 0.5) is 5.82 Å². The number of aromatic nitrogens is 2. The lowest BCUT2D eigenvalue weighted by molar-refractivity contribution is 0.779. The van der Waals surface area contributed by atoms with Crippen molar-refractivity contribution in [3.05, 3.63) is 58.1 Å². The third kappa shape index (κ3) is 3.34. The highest BCUT2D eigenvalue weighted by Crippen LogP contribution is 2.38. The van der Waals surface area contributed by atoms with E-state index in [1.54, 1.807) is 17.8 Å². The predicted octanol–water partition coefficient (Wildman–Crippen LogP) is 6.32. The second-order valence-electron chi connectivity index (χ2n) is 6.30. The van der Waals surface area contributed by atoms with Gasteiger partial charge >= 0.3 is 0 Å². The molecule has 0 atom stereocenters. The van der Waals surface area contributed by atoms with Crippen molar-refractivity contribution in [2.75, 3.05) is 18.1 Å². The second kappa shape index (κ2) is 7.55. The number of halogens is 2. The van der Waals surface area contributed by atoms with E-state index in [9.17, 15) is 0 Å². The summed E-state index contributed by atoms with van der Waals surface area (Å²) in [5.74, 6) is 1.05. The molecule has 1 aliphatic heterocycles. The molecule has 4 rings (SSSR count). The van der Waals surface area contributed by atoms with E-state index in [-0.39, 0.29) is 0 Å². The molecule has 0 aliphatic carbocycles. The molecule has 6 heteroatoms. The first-order chi connectivity index (χ1) is 12.7. The van der Waals surface area contributed by atoms with Crippen LogP contribution in [0, 0.1) is 0 Å².